The molecule has 0 saturated carbocycles. The molecule has 0 bridgehead atoms. The number of nitrogens with one attached hydrogen (secondary N) is 1. The first-order valence-corrected chi connectivity index (χ1v) is 10.5. The zero-order chi connectivity index (χ0) is 21.0. The largest absolute Gasteiger partial charge is 0.348 e. The fourth-order valence-electron chi connectivity index (χ4n) is 3.46. The van der Waals surface area contributed by atoms with Gasteiger partial charge in [-0.15, -0.1) is 0 Å². The summed E-state index contributed by atoms with van der Waals surface area (Å²) in [5.41, 5.74) is 3.75. The van der Waals surface area contributed by atoms with E-state index >= 15 is 0 Å². The van der Waals surface area contributed by atoms with Crippen LogP contribution in [-0.2, 0) is 19.9 Å². The molecule has 4 nitrogen and oxygen atoms in total. The Balaban J connectivity index is 1.83. The number of benzene rings is 2. The molecule has 0 aliphatic carbocycles. The van der Waals surface area contributed by atoms with Crippen LogP contribution < -0.4 is 5.32 Å². The average Bonchev–Trinajstić information content (AvgIpc) is 3.09. The fourth-order valence-corrected chi connectivity index (χ4v) is 3.71. The Morgan fingerprint density at radius 2 is 1.66 bits per heavy atom. The van der Waals surface area contributed by atoms with Crippen molar-refractivity contribution in [3.63, 3.8) is 0 Å². The van der Waals surface area contributed by atoms with Gasteiger partial charge >= 0.3 is 0 Å². The number of hydrogen-bond donors (Lipinski definition) is 1. The van der Waals surface area contributed by atoms with Gasteiger partial charge in [0, 0.05) is 29.1 Å². The molecule has 0 unspecified atom stereocenters. The Morgan fingerprint density at radius 3 is 2.21 bits per heavy atom. The third kappa shape index (κ3) is 5.40. The van der Waals surface area contributed by atoms with Gasteiger partial charge in [0.15, 0.2) is 0 Å². The number of carbonyl (C=O) groups is 1. The monoisotopic (exact) mass is 429 g/mol. The van der Waals surface area contributed by atoms with E-state index in [1.54, 1.807) is 11.7 Å². The lowest BCUT2D eigenvalue weighted by Gasteiger charge is -2.26. The van der Waals surface area contributed by atoms with E-state index in [0.717, 1.165) is 29.7 Å². The molecule has 0 aliphatic rings. The zero-order valence-electron chi connectivity index (χ0n) is 16.8. The second-order valence-corrected chi connectivity index (χ2v) is 8.12. The van der Waals surface area contributed by atoms with Crippen LogP contribution in [0.3, 0.4) is 0 Å². The number of amides is 1. The summed E-state index contributed by atoms with van der Waals surface area (Å²) in [4.78, 5) is 12.9. The Kier molecular flexibility index (Phi) is 6.99. The SMILES string of the molecule is CCc1cc(C(=O)N[C@H](C)[C@H](Cc2ccc(Cl)cc2)c2ccc(Cl)cc2)n(C)n1. The van der Waals surface area contributed by atoms with Crippen LogP contribution in [0.15, 0.2) is 54.6 Å². The maximum atomic E-state index is 12.9. The zero-order valence-corrected chi connectivity index (χ0v) is 18.3. The lowest BCUT2D eigenvalue weighted by Crippen LogP contribution is -2.38. The van der Waals surface area contributed by atoms with Crippen LogP contribution >= 0.6 is 23.2 Å². The number of carbonyl (C=O) groups excluding carboxylic acids is 1. The first kappa shape index (κ1) is 21.4. The van der Waals surface area contributed by atoms with Gasteiger partial charge in [-0.3, -0.25) is 9.48 Å². The van der Waals surface area contributed by atoms with E-state index in [1.165, 1.54) is 0 Å². The Hall–Kier alpha value is -2.30. The molecule has 0 radical (unpaired) electrons. The molecule has 29 heavy (non-hydrogen) atoms. The van der Waals surface area contributed by atoms with E-state index in [9.17, 15) is 4.79 Å². The fraction of sp³-hybridized carbons (Fsp3) is 0.304. The van der Waals surface area contributed by atoms with E-state index in [-0.39, 0.29) is 17.9 Å². The van der Waals surface area contributed by atoms with Gasteiger partial charge in [0.1, 0.15) is 5.69 Å². The average molecular weight is 430 g/mol. The summed E-state index contributed by atoms with van der Waals surface area (Å²) in [5, 5.41) is 8.94. The number of nitrogens with zero attached hydrogens (tertiary/aromatic N) is 2. The molecule has 3 aromatic rings. The van der Waals surface area contributed by atoms with Crippen molar-refractivity contribution in [2.45, 2.75) is 38.6 Å². The molecule has 3 rings (SSSR count). The molecule has 0 aliphatic heterocycles. The predicted molar refractivity (Wildman–Crippen MR) is 119 cm³/mol. The molecule has 1 N–H and O–H groups in total. The van der Waals surface area contributed by atoms with Gasteiger partial charge in [-0.05, 0) is 61.2 Å². The van der Waals surface area contributed by atoms with Crippen molar-refractivity contribution in [3.8, 4) is 0 Å². The molecule has 1 aromatic heterocycles. The van der Waals surface area contributed by atoms with Crippen LogP contribution in [0.2, 0.25) is 10.0 Å². The summed E-state index contributed by atoms with van der Waals surface area (Å²) in [6.07, 6.45) is 1.56. The van der Waals surface area contributed by atoms with E-state index in [4.69, 9.17) is 23.2 Å². The number of rotatable bonds is 7. The highest BCUT2D eigenvalue weighted by atomic mass is 35.5. The summed E-state index contributed by atoms with van der Waals surface area (Å²) in [7, 11) is 1.79. The van der Waals surface area contributed by atoms with E-state index in [2.05, 4.69) is 10.4 Å². The summed E-state index contributed by atoms with van der Waals surface area (Å²) in [6.45, 7) is 4.06. The number of aromatic nitrogens is 2. The Labute approximate surface area is 181 Å². The molecule has 0 fully saturated rings. The van der Waals surface area contributed by atoms with Crippen LogP contribution in [0.4, 0.5) is 0 Å². The van der Waals surface area contributed by atoms with Gasteiger partial charge in [0.05, 0.1) is 5.69 Å². The van der Waals surface area contributed by atoms with Crippen molar-refractivity contribution in [1.82, 2.24) is 15.1 Å². The first-order valence-electron chi connectivity index (χ1n) is 9.71. The molecule has 0 spiro atoms. The molecule has 6 heteroatoms. The number of aryl methyl sites for hydroxylation is 2. The van der Waals surface area contributed by atoms with Crippen molar-refractivity contribution in [2.75, 3.05) is 0 Å². The van der Waals surface area contributed by atoms with Crippen LogP contribution in [-0.4, -0.2) is 21.7 Å². The standard InChI is InChI=1S/C23H25Cl2N3O/c1-4-20-14-22(28(3)27-20)23(29)26-15(2)21(17-7-11-19(25)12-8-17)13-16-5-9-18(24)10-6-16/h5-12,14-15,21H,4,13H2,1-3H3,(H,26,29)/t15-,21+/m1/s1. The maximum absolute atomic E-state index is 12.9. The highest BCUT2D eigenvalue weighted by Crippen LogP contribution is 2.27. The van der Waals surface area contributed by atoms with Crippen molar-refractivity contribution in [3.05, 3.63) is 87.2 Å². The predicted octanol–water partition coefficient (Wildman–Crippen LogP) is 5.43. The third-order valence-corrected chi connectivity index (χ3v) is 5.66. The van der Waals surface area contributed by atoms with Crippen LogP contribution in [0.5, 0.6) is 0 Å². The molecule has 2 aromatic carbocycles. The summed E-state index contributed by atoms with van der Waals surface area (Å²) in [6, 6.07) is 17.4. The lowest BCUT2D eigenvalue weighted by atomic mass is 9.86. The van der Waals surface area contributed by atoms with Crippen molar-refractivity contribution in [1.29, 1.82) is 0 Å². The van der Waals surface area contributed by atoms with Gasteiger partial charge in [-0.25, -0.2) is 0 Å². The van der Waals surface area contributed by atoms with Gasteiger partial charge in [-0.2, -0.15) is 5.10 Å². The minimum absolute atomic E-state index is 0.0799. The molecular weight excluding hydrogens is 405 g/mol. The van der Waals surface area contributed by atoms with Crippen molar-refractivity contribution >= 4 is 29.1 Å². The quantitative estimate of drug-likeness (QED) is 0.543. The Morgan fingerprint density at radius 1 is 1.07 bits per heavy atom. The number of halogens is 2. The van der Waals surface area contributed by atoms with Crippen molar-refractivity contribution in [2.24, 2.45) is 7.05 Å². The maximum Gasteiger partial charge on any atom is 0.269 e. The van der Waals surface area contributed by atoms with Crippen LogP contribution in [0.1, 0.15) is 47.1 Å². The van der Waals surface area contributed by atoms with Crippen LogP contribution in [0.25, 0.3) is 0 Å². The molecule has 0 saturated heterocycles. The molecule has 152 valence electrons. The Bertz CT molecular complexity index is 965. The normalized spacial score (nSPS) is 13.1. The molecule has 1 amide bonds. The second kappa shape index (κ2) is 9.47. The minimum atomic E-state index is -0.123. The lowest BCUT2D eigenvalue weighted by molar-refractivity contribution is 0.0924. The molecule has 2 atom stereocenters. The highest BCUT2D eigenvalue weighted by Gasteiger charge is 2.23. The molecular formula is C23H25Cl2N3O. The van der Waals surface area contributed by atoms with Gasteiger partial charge in [-0.1, -0.05) is 54.4 Å². The summed E-state index contributed by atoms with van der Waals surface area (Å²) >= 11 is 12.1. The first-order chi connectivity index (χ1) is 13.9. The van der Waals surface area contributed by atoms with E-state index in [1.807, 2.05) is 68.4 Å². The van der Waals surface area contributed by atoms with Gasteiger partial charge < -0.3 is 5.32 Å². The summed E-state index contributed by atoms with van der Waals surface area (Å²) in [5.74, 6) is -0.0430. The van der Waals surface area contributed by atoms with Crippen LogP contribution in [0, 0.1) is 0 Å². The number of hydrogen-bond acceptors (Lipinski definition) is 2. The third-order valence-electron chi connectivity index (χ3n) is 5.15. The van der Waals surface area contributed by atoms with Gasteiger partial charge in [0.25, 0.3) is 5.91 Å². The van der Waals surface area contributed by atoms with E-state index < -0.39 is 0 Å². The van der Waals surface area contributed by atoms with Gasteiger partial charge in [0.2, 0.25) is 0 Å². The molecule has 1 heterocycles. The minimum Gasteiger partial charge on any atom is -0.348 e. The highest BCUT2D eigenvalue weighted by molar-refractivity contribution is 6.30. The second-order valence-electron chi connectivity index (χ2n) is 7.25. The topological polar surface area (TPSA) is 46.9 Å². The van der Waals surface area contributed by atoms with Crippen molar-refractivity contribution < 1.29 is 4.79 Å². The smallest absolute Gasteiger partial charge is 0.269 e. The summed E-state index contributed by atoms with van der Waals surface area (Å²) < 4.78 is 1.64. The van der Waals surface area contributed by atoms with E-state index in [0.29, 0.717) is 15.7 Å².